The first-order valence-corrected chi connectivity index (χ1v) is 6.40. The maximum atomic E-state index is 12.9. The van der Waals surface area contributed by atoms with Crippen molar-refractivity contribution in [2.24, 2.45) is 0 Å². The average Bonchev–Trinajstić information content (AvgIpc) is 2.73. The van der Waals surface area contributed by atoms with Crippen LogP contribution in [0.2, 0.25) is 4.47 Å². The molecule has 1 aromatic heterocycles. The minimum atomic E-state index is -0.528. The van der Waals surface area contributed by atoms with Gasteiger partial charge in [-0.25, -0.2) is 14.2 Å². The van der Waals surface area contributed by atoms with Gasteiger partial charge in [0.2, 0.25) is 0 Å². The second-order valence-corrected chi connectivity index (χ2v) is 4.95. The lowest BCUT2D eigenvalue weighted by Crippen LogP contribution is -2.06. The second kappa shape index (κ2) is 5.46. The molecule has 0 aliphatic carbocycles. The van der Waals surface area contributed by atoms with E-state index in [2.05, 4.69) is 4.98 Å². The smallest absolute Gasteiger partial charge is 0.358 e. The molecule has 2 rings (SSSR count). The number of halogens is 2. The summed E-state index contributed by atoms with van der Waals surface area (Å²) in [5.41, 5.74) is 0.849. The molecule has 0 N–H and O–H groups in total. The predicted molar refractivity (Wildman–Crippen MR) is 68.5 cm³/mol. The van der Waals surface area contributed by atoms with Crippen molar-refractivity contribution in [3.05, 3.63) is 40.2 Å². The fourth-order valence-corrected chi connectivity index (χ4v) is 2.53. The van der Waals surface area contributed by atoms with E-state index < -0.39 is 5.97 Å². The summed E-state index contributed by atoms with van der Waals surface area (Å²) >= 11 is 6.98. The van der Waals surface area contributed by atoms with Crippen molar-refractivity contribution in [3.63, 3.8) is 0 Å². The van der Waals surface area contributed by atoms with Crippen LogP contribution >= 0.6 is 22.9 Å². The van der Waals surface area contributed by atoms with Crippen molar-refractivity contribution in [2.45, 2.75) is 6.92 Å². The van der Waals surface area contributed by atoms with Crippen LogP contribution in [0.4, 0.5) is 4.39 Å². The molecular weight excluding hydrogens is 277 g/mol. The molecule has 1 heterocycles. The van der Waals surface area contributed by atoms with E-state index in [1.54, 1.807) is 19.1 Å². The fourth-order valence-electron chi connectivity index (χ4n) is 1.43. The zero-order chi connectivity index (χ0) is 13.1. The summed E-state index contributed by atoms with van der Waals surface area (Å²) < 4.78 is 18.0. The Bertz CT molecular complexity index is 568. The van der Waals surface area contributed by atoms with Crippen LogP contribution in [-0.4, -0.2) is 17.6 Å². The zero-order valence-corrected chi connectivity index (χ0v) is 11.0. The third-order valence-electron chi connectivity index (χ3n) is 2.18. The van der Waals surface area contributed by atoms with E-state index >= 15 is 0 Å². The highest BCUT2D eigenvalue weighted by Gasteiger charge is 2.19. The quantitative estimate of drug-likeness (QED) is 0.806. The topological polar surface area (TPSA) is 39.2 Å². The average molecular weight is 286 g/mol. The van der Waals surface area contributed by atoms with Crippen molar-refractivity contribution in [1.29, 1.82) is 0 Å². The van der Waals surface area contributed by atoms with E-state index in [9.17, 15) is 9.18 Å². The minimum absolute atomic E-state index is 0.165. The third kappa shape index (κ3) is 2.68. The first kappa shape index (κ1) is 13.0. The molecule has 0 saturated carbocycles. The Morgan fingerprint density at radius 3 is 2.72 bits per heavy atom. The van der Waals surface area contributed by atoms with Crippen LogP contribution in [0.1, 0.15) is 17.4 Å². The molecule has 0 spiro atoms. The summed E-state index contributed by atoms with van der Waals surface area (Å²) in [5, 5.41) is 0. The molecule has 0 aliphatic rings. The van der Waals surface area contributed by atoms with Crippen LogP contribution in [0.5, 0.6) is 0 Å². The van der Waals surface area contributed by atoms with Gasteiger partial charge in [-0.05, 0) is 24.6 Å². The summed E-state index contributed by atoms with van der Waals surface area (Å²) in [4.78, 5) is 16.2. The predicted octanol–water partition coefficient (Wildman–Crippen LogP) is 3.78. The van der Waals surface area contributed by atoms with Crippen molar-refractivity contribution in [1.82, 2.24) is 4.98 Å². The molecule has 0 radical (unpaired) electrons. The van der Waals surface area contributed by atoms with Gasteiger partial charge in [-0.15, -0.1) is 11.3 Å². The van der Waals surface area contributed by atoms with E-state index in [0.717, 1.165) is 11.3 Å². The Hall–Kier alpha value is -1.46. The highest BCUT2D eigenvalue weighted by Crippen LogP contribution is 2.33. The molecule has 0 bridgehead atoms. The van der Waals surface area contributed by atoms with Crippen molar-refractivity contribution in [2.75, 3.05) is 6.61 Å². The number of carbonyl (C=O) groups excluding carboxylic acids is 1. The SMILES string of the molecule is CCOC(=O)c1nc(Cl)sc1-c1ccc(F)cc1. The van der Waals surface area contributed by atoms with Crippen LogP contribution in [0.3, 0.4) is 0 Å². The van der Waals surface area contributed by atoms with E-state index in [0.29, 0.717) is 10.4 Å². The highest BCUT2D eigenvalue weighted by molar-refractivity contribution is 7.19. The summed E-state index contributed by atoms with van der Waals surface area (Å²) in [7, 11) is 0. The largest absolute Gasteiger partial charge is 0.461 e. The number of nitrogens with zero attached hydrogens (tertiary/aromatic N) is 1. The Morgan fingerprint density at radius 2 is 2.11 bits per heavy atom. The Kier molecular flexibility index (Phi) is 3.93. The number of rotatable bonds is 3. The molecular formula is C12H9ClFNO2S. The first-order chi connectivity index (χ1) is 8.61. The summed E-state index contributed by atoms with van der Waals surface area (Å²) in [5.74, 6) is -0.868. The normalized spacial score (nSPS) is 10.4. The lowest BCUT2D eigenvalue weighted by atomic mass is 10.1. The number of aromatic nitrogens is 1. The number of esters is 1. The van der Waals surface area contributed by atoms with Gasteiger partial charge in [-0.2, -0.15) is 0 Å². The molecule has 1 aromatic carbocycles. The number of carbonyl (C=O) groups is 1. The van der Waals surface area contributed by atoms with Crippen LogP contribution in [0.25, 0.3) is 10.4 Å². The molecule has 3 nitrogen and oxygen atoms in total. The molecule has 0 atom stereocenters. The summed E-state index contributed by atoms with van der Waals surface area (Å²) in [6.07, 6.45) is 0. The van der Waals surface area contributed by atoms with Gasteiger partial charge < -0.3 is 4.74 Å². The molecule has 0 saturated heterocycles. The molecule has 0 aliphatic heterocycles. The Balaban J connectivity index is 2.44. The first-order valence-electron chi connectivity index (χ1n) is 5.21. The zero-order valence-electron chi connectivity index (χ0n) is 9.44. The third-order valence-corrected chi connectivity index (χ3v) is 3.39. The summed E-state index contributed by atoms with van der Waals surface area (Å²) in [6, 6.07) is 5.78. The van der Waals surface area contributed by atoms with Crippen molar-refractivity contribution >= 4 is 28.9 Å². The molecule has 18 heavy (non-hydrogen) atoms. The monoisotopic (exact) mass is 285 g/mol. The Labute approximate surface area is 112 Å². The molecule has 0 amide bonds. The van der Waals surface area contributed by atoms with Gasteiger partial charge in [-0.1, -0.05) is 23.7 Å². The van der Waals surface area contributed by atoms with Crippen molar-refractivity contribution < 1.29 is 13.9 Å². The van der Waals surface area contributed by atoms with Gasteiger partial charge in [0.15, 0.2) is 10.2 Å². The molecule has 94 valence electrons. The lowest BCUT2D eigenvalue weighted by molar-refractivity contribution is 0.0521. The maximum Gasteiger partial charge on any atom is 0.358 e. The number of hydrogen-bond acceptors (Lipinski definition) is 4. The number of thiazole rings is 1. The maximum absolute atomic E-state index is 12.9. The van der Waals surface area contributed by atoms with Crippen LogP contribution in [0, 0.1) is 5.82 Å². The van der Waals surface area contributed by atoms with E-state index in [-0.39, 0.29) is 22.6 Å². The van der Waals surface area contributed by atoms with Crippen molar-refractivity contribution in [3.8, 4) is 10.4 Å². The molecule has 6 heteroatoms. The van der Waals surface area contributed by atoms with Gasteiger partial charge >= 0.3 is 5.97 Å². The van der Waals surface area contributed by atoms with Crippen LogP contribution in [-0.2, 0) is 4.74 Å². The molecule has 2 aromatic rings. The number of benzene rings is 1. The van der Waals surface area contributed by atoms with Gasteiger partial charge in [0.1, 0.15) is 5.82 Å². The molecule has 0 fully saturated rings. The van der Waals surface area contributed by atoms with Gasteiger partial charge in [0.05, 0.1) is 11.5 Å². The van der Waals surface area contributed by atoms with E-state index in [1.807, 2.05) is 0 Å². The van der Waals surface area contributed by atoms with Crippen LogP contribution in [0.15, 0.2) is 24.3 Å². The van der Waals surface area contributed by atoms with Crippen LogP contribution < -0.4 is 0 Å². The standard InChI is InChI=1S/C12H9ClFNO2S/c1-2-17-11(16)9-10(18-12(13)15-9)7-3-5-8(14)6-4-7/h3-6H,2H2,1H3. The Morgan fingerprint density at radius 1 is 1.44 bits per heavy atom. The van der Waals surface area contributed by atoms with E-state index in [4.69, 9.17) is 16.3 Å². The minimum Gasteiger partial charge on any atom is -0.461 e. The van der Waals surface area contributed by atoms with Gasteiger partial charge in [-0.3, -0.25) is 0 Å². The lowest BCUT2D eigenvalue weighted by Gasteiger charge is -2.02. The highest BCUT2D eigenvalue weighted by atomic mass is 35.5. The van der Waals surface area contributed by atoms with E-state index in [1.165, 1.54) is 12.1 Å². The summed E-state index contributed by atoms with van der Waals surface area (Å²) in [6.45, 7) is 1.97. The number of hydrogen-bond donors (Lipinski definition) is 0. The van der Waals surface area contributed by atoms with Gasteiger partial charge in [0, 0.05) is 0 Å². The molecule has 0 unspecified atom stereocenters. The second-order valence-electron chi connectivity index (χ2n) is 3.37. The van der Waals surface area contributed by atoms with Gasteiger partial charge in [0.25, 0.3) is 0 Å². The fraction of sp³-hybridized carbons (Fsp3) is 0.167. The number of ether oxygens (including phenoxy) is 1.